The maximum Gasteiger partial charge on any atom is 0.105 e. The summed E-state index contributed by atoms with van der Waals surface area (Å²) < 4.78 is 0. The molecular weight excluding hydrogens is 206 g/mol. The molecule has 0 aliphatic heterocycles. The molecule has 1 aromatic rings. The molecule has 1 aliphatic rings. The standard InChI is InChI=1S/C11H13N3S/c12-7-10(14-9-4-5-9)8-15-11-3-1-2-6-13-11/h1-3,6,9-10,14H,4-5,8H2. The predicted octanol–water partition coefficient (Wildman–Crippen LogP) is 1.82. The lowest BCUT2D eigenvalue weighted by molar-refractivity contribution is 0.644. The van der Waals surface area contributed by atoms with E-state index in [4.69, 9.17) is 5.26 Å². The van der Waals surface area contributed by atoms with Crippen LogP contribution in [0.3, 0.4) is 0 Å². The van der Waals surface area contributed by atoms with Crippen LogP contribution in [-0.4, -0.2) is 22.8 Å². The number of nitrogens with zero attached hydrogens (tertiary/aromatic N) is 2. The minimum absolute atomic E-state index is 0.0514. The van der Waals surface area contributed by atoms with Crippen LogP contribution in [-0.2, 0) is 0 Å². The smallest absolute Gasteiger partial charge is 0.105 e. The molecule has 1 aromatic heterocycles. The summed E-state index contributed by atoms with van der Waals surface area (Å²) in [6, 6.07) is 8.64. The van der Waals surface area contributed by atoms with Crippen molar-refractivity contribution in [1.82, 2.24) is 10.3 Å². The molecule has 0 bridgehead atoms. The first-order valence-electron chi connectivity index (χ1n) is 5.08. The molecule has 0 spiro atoms. The van der Waals surface area contributed by atoms with E-state index in [1.807, 2.05) is 18.2 Å². The van der Waals surface area contributed by atoms with E-state index in [9.17, 15) is 0 Å². The highest BCUT2D eigenvalue weighted by molar-refractivity contribution is 7.99. The van der Waals surface area contributed by atoms with Crippen LogP contribution < -0.4 is 5.32 Å². The van der Waals surface area contributed by atoms with Gasteiger partial charge in [-0.15, -0.1) is 11.8 Å². The Bertz CT molecular complexity index is 343. The summed E-state index contributed by atoms with van der Waals surface area (Å²) in [7, 11) is 0. The third-order valence-electron chi connectivity index (χ3n) is 2.21. The first-order chi connectivity index (χ1) is 7.38. The molecule has 3 nitrogen and oxygen atoms in total. The maximum absolute atomic E-state index is 8.93. The van der Waals surface area contributed by atoms with Gasteiger partial charge in [0, 0.05) is 18.0 Å². The minimum atomic E-state index is -0.0514. The molecule has 1 atom stereocenters. The van der Waals surface area contributed by atoms with Crippen LogP contribution in [0.4, 0.5) is 0 Å². The number of hydrogen-bond donors (Lipinski definition) is 1. The van der Waals surface area contributed by atoms with Crippen LogP contribution >= 0.6 is 11.8 Å². The fraction of sp³-hybridized carbons (Fsp3) is 0.455. The predicted molar refractivity (Wildman–Crippen MR) is 60.5 cm³/mol. The van der Waals surface area contributed by atoms with Crippen molar-refractivity contribution in [2.45, 2.75) is 30.0 Å². The van der Waals surface area contributed by atoms with Gasteiger partial charge in [0.15, 0.2) is 0 Å². The lowest BCUT2D eigenvalue weighted by Crippen LogP contribution is -2.31. The first-order valence-corrected chi connectivity index (χ1v) is 6.06. The number of hydrogen-bond acceptors (Lipinski definition) is 4. The Balaban J connectivity index is 1.78. The monoisotopic (exact) mass is 219 g/mol. The highest BCUT2D eigenvalue weighted by Gasteiger charge is 2.24. The highest BCUT2D eigenvalue weighted by atomic mass is 32.2. The zero-order valence-corrected chi connectivity index (χ0v) is 9.20. The van der Waals surface area contributed by atoms with E-state index in [0.717, 1.165) is 10.8 Å². The highest BCUT2D eigenvalue weighted by Crippen LogP contribution is 2.21. The molecule has 0 aromatic carbocycles. The van der Waals surface area contributed by atoms with Crippen molar-refractivity contribution in [1.29, 1.82) is 5.26 Å². The number of rotatable bonds is 5. The number of pyridine rings is 1. The summed E-state index contributed by atoms with van der Waals surface area (Å²) >= 11 is 1.63. The van der Waals surface area contributed by atoms with Gasteiger partial charge < -0.3 is 0 Å². The third kappa shape index (κ3) is 3.54. The van der Waals surface area contributed by atoms with Crippen LogP contribution in [0.25, 0.3) is 0 Å². The molecule has 1 heterocycles. The topological polar surface area (TPSA) is 48.7 Å². The molecular formula is C11H13N3S. The van der Waals surface area contributed by atoms with Crippen molar-refractivity contribution in [2.24, 2.45) is 0 Å². The molecule has 0 amide bonds. The van der Waals surface area contributed by atoms with Crippen LogP contribution in [0.15, 0.2) is 29.4 Å². The van der Waals surface area contributed by atoms with Crippen molar-refractivity contribution in [2.75, 3.05) is 5.75 Å². The average Bonchev–Trinajstić information content (AvgIpc) is 3.09. The van der Waals surface area contributed by atoms with Crippen molar-refractivity contribution in [3.05, 3.63) is 24.4 Å². The van der Waals surface area contributed by atoms with Crippen molar-refractivity contribution < 1.29 is 0 Å². The average molecular weight is 219 g/mol. The van der Waals surface area contributed by atoms with Gasteiger partial charge in [-0.1, -0.05) is 6.07 Å². The lowest BCUT2D eigenvalue weighted by Gasteiger charge is -2.09. The third-order valence-corrected chi connectivity index (χ3v) is 3.24. The van der Waals surface area contributed by atoms with E-state index in [0.29, 0.717) is 6.04 Å². The van der Waals surface area contributed by atoms with E-state index in [1.54, 1.807) is 18.0 Å². The molecule has 15 heavy (non-hydrogen) atoms. The molecule has 1 saturated carbocycles. The summed E-state index contributed by atoms with van der Waals surface area (Å²) in [5.74, 6) is 0.768. The van der Waals surface area contributed by atoms with E-state index >= 15 is 0 Å². The van der Waals surface area contributed by atoms with Crippen LogP contribution in [0.1, 0.15) is 12.8 Å². The Labute approximate surface area is 93.9 Å². The van der Waals surface area contributed by atoms with Crippen LogP contribution in [0.5, 0.6) is 0 Å². The molecule has 78 valence electrons. The van der Waals surface area contributed by atoms with Gasteiger partial charge in [-0.2, -0.15) is 5.26 Å². The maximum atomic E-state index is 8.93. The summed E-state index contributed by atoms with van der Waals surface area (Å²) in [5.41, 5.74) is 0. The van der Waals surface area contributed by atoms with E-state index in [-0.39, 0.29) is 6.04 Å². The second kappa shape index (κ2) is 5.15. The molecule has 1 unspecified atom stereocenters. The van der Waals surface area contributed by atoms with Gasteiger partial charge >= 0.3 is 0 Å². The molecule has 2 rings (SSSR count). The Kier molecular flexibility index (Phi) is 3.59. The zero-order valence-electron chi connectivity index (χ0n) is 8.39. The Morgan fingerprint density at radius 2 is 2.47 bits per heavy atom. The van der Waals surface area contributed by atoms with E-state index < -0.39 is 0 Å². The summed E-state index contributed by atoms with van der Waals surface area (Å²) in [6.07, 6.45) is 4.21. The van der Waals surface area contributed by atoms with Crippen molar-refractivity contribution >= 4 is 11.8 Å². The Morgan fingerprint density at radius 1 is 1.60 bits per heavy atom. The minimum Gasteiger partial charge on any atom is -0.298 e. The number of nitrogens with one attached hydrogen (secondary N) is 1. The van der Waals surface area contributed by atoms with Crippen molar-refractivity contribution in [3.63, 3.8) is 0 Å². The van der Waals surface area contributed by atoms with Crippen molar-refractivity contribution in [3.8, 4) is 6.07 Å². The van der Waals surface area contributed by atoms with Gasteiger partial charge in [0.25, 0.3) is 0 Å². The molecule has 4 heteroatoms. The molecule has 1 N–H and O–H groups in total. The molecule has 0 radical (unpaired) electrons. The van der Waals surface area contributed by atoms with Crippen LogP contribution in [0.2, 0.25) is 0 Å². The largest absolute Gasteiger partial charge is 0.298 e. The number of thioether (sulfide) groups is 1. The van der Waals surface area contributed by atoms with E-state index in [2.05, 4.69) is 16.4 Å². The van der Waals surface area contributed by atoms with E-state index in [1.165, 1.54) is 12.8 Å². The lowest BCUT2D eigenvalue weighted by atomic mass is 10.4. The summed E-state index contributed by atoms with van der Waals surface area (Å²) in [4.78, 5) is 4.21. The van der Waals surface area contributed by atoms with Gasteiger partial charge in [0.2, 0.25) is 0 Å². The summed E-state index contributed by atoms with van der Waals surface area (Å²) in [5, 5.41) is 13.2. The van der Waals surface area contributed by atoms with Crippen LogP contribution in [0, 0.1) is 11.3 Å². The number of nitriles is 1. The van der Waals surface area contributed by atoms with Gasteiger partial charge in [-0.05, 0) is 25.0 Å². The first kappa shape index (κ1) is 10.5. The molecule has 1 fully saturated rings. The van der Waals surface area contributed by atoms with Gasteiger partial charge in [-0.25, -0.2) is 4.98 Å². The quantitative estimate of drug-likeness (QED) is 0.767. The zero-order chi connectivity index (χ0) is 10.5. The molecule has 0 saturated heterocycles. The Hall–Kier alpha value is -1.05. The second-order valence-corrected chi connectivity index (χ2v) is 4.64. The molecule has 1 aliphatic carbocycles. The Morgan fingerprint density at radius 3 is 3.07 bits per heavy atom. The fourth-order valence-corrected chi connectivity index (χ4v) is 2.08. The number of aromatic nitrogens is 1. The van der Waals surface area contributed by atoms with Gasteiger partial charge in [-0.3, -0.25) is 5.32 Å². The fourth-order valence-electron chi connectivity index (χ4n) is 1.26. The summed E-state index contributed by atoms with van der Waals surface area (Å²) in [6.45, 7) is 0. The second-order valence-electron chi connectivity index (χ2n) is 3.60. The van der Waals surface area contributed by atoms with Gasteiger partial charge in [0.05, 0.1) is 11.1 Å². The van der Waals surface area contributed by atoms with Gasteiger partial charge in [0.1, 0.15) is 6.04 Å². The normalized spacial score (nSPS) is 17.0. The SMILES string of the molecule is N#CC(CSc1ccccn1)NC1CC1.